The molecule has 3 aromatic rings. The molecule has 7 heteroatoms. The lowest BCUT2D eigenvalue weighted by molar-refractivity contribution is -0.132. The summed E-state index contributed by atoms with van der Waals surface area (Å²) in [6.45, 7) is 3.94. The third kappa shape index (κ3) is 8.65. The van der Waals surface area contributed by atoms with Gasteiger partial charge < -0.3 is 15.2 Å². The number of amides is 1. The van der Waals surface area contributed by atoms with Crippen LogP contribution in [0.15, 0.2) is 77.2 Å². The van der Waals surface area contributed by atoms with Crippen LogP contribution >= 0.6 is 11.3 Å². The van der Waals surface area contributed by atoms with Crippen molar-refractivity contribution in [1.29, 1.82) is 0 Å². The Morgan fingerprint density at radius 3 is 2.46 bits per heavy atom. The average molecular weight is 545 g/mol. The van der Waals surface area contributed by atoms with Crippen LogP contribution in [0, 0.1) is 5.92 Å². The predicted molar refractivity (Wildman–Crippen MR) is 156 cm³/mol. The average Bonchev–Trinajstić information content (AvgIpc) is 3.41. The Morgan fingerprint density at radius 1 is 1.05 bits per heavy atom. The van der Waals surface area contributed by atoms with Crippen molar-refractivity contribution in [2.45, 2.75) is 65.0 Å². The molecule has 1 atom stereocenters. The first-order valence-corrected chi connectivity index (χ1v) is 14.4. The molecule has 0 radical (unpaired) electrons. The van der Waals surface area contributed by atoms with Crippen LogP contribution in [-0.2, 0) is 22.6 Å². The van der Waals surface area contributed by atoms with E-state index in [1.807, 2.05) is 73.0 Å². The van der Waals surface area contributed by atoms with Crippen molar-refractivity contribution in [3.05, 3.63) is 99.0 Å². The first kappa shape index (κ1) is 28.3. The van der Waals surface area contributed by atoms with Crippen molar-refractivity contribution in [3.8, 4) is 5.75 Å². The van der Waals surface area contributed by atoms with Gasteiger partial charge in [0, 0.05) is 16.9 Å². The molecular weight excluding hydrogens is 508 g/mol. The van der Waals surface area contributed by atoms with E-state index in [1.54, 1.807) is 13.0 Å². The van der Waals surface area contributed by atoms with Crippen molar-refractivity contribution in [1.82, 2.24) is 10.3 Å². The molecule has 1 saturated carbocycles. The molecule has 0 aliphatic heterocycles. The topological polar surface area (TPSA) is 88.5 Å². The molecular formula is C32H36N2O4S. The minimum Gasteiger partial charge on any atom is -0.489 e. The third-order valence-corrected chi connectivity index (χ3v) is 7.88. The summed E-state index contributed by atoms with van der Waals surface area (Å²) in [4.78, 5) is 29.1. The molecule has 1 heterocycles. The van der Waals surface area contributed by atoms with E-state index in [4.69, 9.17) is 14.8 Å². The smallest absolute Gasteiger partial charge is 0.331 e. The largest absolute Gasteiger partial charge is 0.489 e. The molecule has 2 aromatic carbocycles. The van der Waals surface area contributed by atoms with Crippen molar-refractivity contribution in [2.75, 3.05) is 0 Å². The van der Waals surface area contributed by atoms with Crippen LogP contribution in [0.4, 0.5) is 0 Å². The van der Waals surface area contributed by atoms with Gasteiger partial charge in [0.25, 0.3) is 0 Å². The summed E-state index contributed by atoms with van der Waals surface area (Å²) < 4.78 is 5.94. The van der Waals surface area contributed by atoms with Gasteiger partial charge in [0.1, 0.15) is 17.4 Å². The van der Waals surface area contributed by atoms with Crippen LogP contribution in [0.25, 0.3) is 6.08 Å². The van der Waals surface area contributed by atoms with Crippen molar-refractivity contribution in [3.63, 3.8) is 0 Å². The van der Waals surface area contributed by atoms with Gasteiger partial charge in [0.15, 0.2) is 0 Å². The zero-order valence-electron chi connectivity index (χ0n) is 22.6. The van der Waals surface area contributed by atoms with E-state index in [9.17, 15) is 9.59 Å². The molecule has 4 rings (SSSR count). The number of hydrogen-bond acceptors (Lipinski definition) is 5. The highest BCUT2D eigenvalue weighted by atomic mass is 32.1. The second-order valence-electron chi connectivity index (χ2n) is 10.1. The summed E-state index contributed by atoms with van der Waals surface area (Å²) in [5.74, 6) is 0.0164. The summed E-state index contributed by atoms with van der Waals surface area (Å²) in [7, 11) is 0. The molecule has 1 fully saturated rings. The zero-order valence-corrected chi connectivity index (χ0v) is 23.4. The van der Waals surface area contributed by atoms with Gasteiger partial charge >= 0.3 is 5.97 Å². The van der Waals surface area contributed by atoms with Crippen LogP contribution in [0.1, 0.15) is 73.8 Å². The van der Waals surface area contributed by atoms with Gasteiger partial charge in [-0.05, 0) is 74.1 Å². The van der Waals surface area contributed by atoms with Crippen LogP contribution in [0.5, 0.6) is 5.75 Å². The summed E-state index contributed by atoms with van der Waals surface area (Å²) in [5.41, 5.74) is 4.03. The van der Waals surface area contributed by atoms with E-state index in [1.165, 1.54) is 17.8 Å². The predicted octanol–water partition coefficient (Wildman–Crippen LogP) is 7.14. The Morgan fingerprint density at radius 2 is 1.77 bits per heavy atom. The fourth-order valence-corrected chi connectivity index (χ4v) is 5.58. The Kier molecular flexibility index (Phi) is 10.1. The highest BCUT2D eigenvalue weighted by Gasteiger charge is 2.25. The van der Waals surface area contributed by atoms with Crippen molar-refractivity contribution in [2.24, 2.45) is 5.92 Å². The number of nitrogens with one attached hydrogen (secondary N) is 1. The maximum absolute atomic E-state index is 13.2. The summed E-state index contributed by atoms with van der Waals surface area (Å²) >= 11 is 1.51. The Balaban J connectivity index is 1.48. The molecule has 0 spiro atoms. The summed E-state index contributed by atoms with van der Waals surface area (Å²) in [6.07, 6.45) is 9.38. The number of allylic oxidation sites excluding steroid dienone is 2. The molecule has 1 aromatic heterocycles. The highest BCUT2D eigenvalue weighted by Crippen LogP contribution is 2.28. The normalized spacial score (nSPS) is 15.5. The molecule has 2 N–H and O–H groups in total. The summed E-state index contributed by atoms with van der Waals surface area (Å²) in [5, 5.41) is 15.2. The fraction of sp³-hybridized carbons (Fsp3) is 0.344. The molecule has 39 heavy (non-hydrogen) atoms. The van der Waals surface area contributed by atoms with Gasteiger partial charge in [-0.1, -0.05) is 61.7 Å². The molecule has 1 aliphatic carbocycles. The fourth-order valence-electron chi connectivity index (χ4n) is 4.76. The maximum atomic E-state index is 13.2. The van der Waals surface area contributed by atoms with Crippen LogP contribution in [0.2, 0.25) is 0 Å². The lowest BCUT2D eigenvalue weighted by Gasteiger charge is -2.24. The third-order valence-electron chi connectivity index (χ3n) is 6.90. The number of carbonyl (C=O) groups excluding carboxylic acids is 1. The second kappa shape index (κ2) is 13.9. The maximum Gasteiger partial charge on any atom is 0.331 e. The minimum absolute atomic E-state index is 0.0562. The number of aromatic nitrogens is 1. The number of nitrogens with zero attached hydrogens (tertiary/aromatic N) is 1. The Bertz CT molecular complexity index is 1310. The number of ether oxygens (including phenoxy) is 1. The summed E-state index contributed by atoms with van der Waals surface area (Å²) in [6, 6.07) is 17.8. The van der Waals surface area contributed by atoms with Crippen LogP contribution in [0.3, 0.4) is 0 Å². The molecule has 0 unspecified atom stereocenters. The first-order valence-electron chi connectivity index (χ1n) is 13.5. The number of aliphatic carboxylic acids is 1. The number of hydrogen-bond donors (Lipinski definition) is 2. The second-order valence-corrected chi connectivity index (χ2v) is 11.0. The molecule has 1 amide bonds. The highest BCUT2D eigenvalue weighted by molar-refractivity contribution is 7.09. The SMILES string of the molecule is CC(=Cc1csc([C@H](Cc2ccc(OCc3ccccc3)cc2)NC(=O)C2CCCCC2)n1)C=C(C)C(=O)O. The van der Waals surface area contributed by atoms with E-state index in [2.05, 4.69) is 5.32 Å². The molecule has 1 aliphatic rings. The van der Waals surface area contributed by atoms with Gasteiger partial charge in [-0.2, -0.15) is 0 Å². The van der Waals surface area contributed by atoms with Crippen LogP contribution in [-0.4, -0.2) is 22.0 Å². The van der Waals surface area contributed by atoms with Gasteiger partial charge in [-0.25, -0.2) is 9.78 Å². The number of benzene rings is 2. The van der Waals surface area contributed by atoms with E-state index >= 15 is 0 Å². The van der Waals surface area contributed by atoms with Gasteiger partial charge in [-0.3, -0.25) is 4.79 Å². The minimum atomic E-state index is -0.941. The molecule has 6 nitrogen and oxygen atoms in total. The number of rotatable bonds is 11. The Hall–Kier alpha value is -3.71. The number of carbonyl (C=O) groups is 2. The lowest BCUT2D eigenvalue weighted by atomic mass is 9.88. The Labute approximate surface area is 234 Å². The molecule has 204 valence electrons. The standard InChI is InChI=1S/C32H36N2O4S/c1-22(17-23(2)32(36)37)18-27-21-39-31(33-27)29(34-30(35)26-11-7-4-8-12-26)19-24-13-15-28(16-14-24)38-20-25-9-5-3-6-10-25/h3,5-6,9-10,13-18,21,26,29H,4,7-8,11-12,19-20H2,1-2H3,(H,34,35)(H,36,37)/t29-/m0/s1. The monoisotopic (exact) mass is 544 g/mol. The van der Waals surface area contributed by atoms with Gasteiger partial charge in [-0.15, -0.1) is 11.3 Å². The molecule has 0 bridgehead atoms. The number of carboxylic acids is 1. The number of thiazole rings is 1. The molecule has 0 saturated heterocycles. The first-order chi connectivity index (χ1) is 18.9. The van der Waals surface area contributed by atoms with E-state index in [0.29, 0.717) is 13.0 Å². The van der Waals surface area contributed by atoms with E-state index in [-0.39, 0.29) is 23.4 Å². The van der Waals surface area contributed by atoms with Crippen LogP contribution < -0.4 is 10.1 Å². The van der Waals surface area contributed by atoms with Gasteiger partial charge in [0.05, 0.1) is 11.7 Å². The van der Waals surface area contributed by atoms with E-state index < -0.39 is 5.97 Å². The lowest BCUT2D eigenvalue weighted by Crippen LogP contribution is -2.35. The number of carboxylic acid groups (broad SMARTS) is 1. The van der Waals surface area contributed by atoms with Crippen molar-refractivity contribution >= 4 is 29.3 Å². The quantitative estimate of drug-likeness (QED) is 0.198. The van der Waals surface area contributed by atoms with E-state index in [0.717, 1.165) is 58.8 Å². The van der Waals surface area contributed by atoms with Gasteiger partial charge in [0.2, 0.25) is 5.91 Å². The van der Waals surface area contributed by atoms with Crippen molar-refractivity contribution < 1.29 is 19.4 Å². The zero-order chi connectivity index (χ0) is 27.6.